The Hall–Kier alpha value is -4.30. The summed E-state index contributed by atoms with van der Waals surface area (Å²) in [5.74, 6) is -0.499. The average molecular weight is 561 g/mol. The third kappa shape index (κ3) is 5.08. The number of carbonyl (C=O) groups excluding carboxylic acids is 1. The monoisotopic (exact) mass is 560 g/mol. The molecule has 1 N–H and O–H groups in total. The quantitative estimate of drug-likeness (QED) is 0.255. The van der Waals surface area contributed by atoms with Crippen molar-refractivity contribution in [3.8, 4) is 28.3 Å². The molecular formula is C23H18ClFN6O6S. The number of benzene rings is 2. The average Bonchev–Trinajstić information content (AvgIpc) is 3.55. The molecule has 0 unspecified atom stereocenters. The van der Waals surface area contributed by atoms with E-state index in [2.05, 4.69) is 30.5 Å². The van der Waals surface area contributed by atoms with Gasteiger partial charge in [0.15, 0.2) is 11.6 Å². The molecule has 0 aliphatic carbocycles. The van der Waals surface area contributed by atoms with E-state index in [0.29, 0.717) is 32.1 Å². The molecule has 5 aromatic rings. The molecule has 3 heterocycles. The second-order valence-corrected chi connectivity index (χ2v) is 9.06. The Morgan fingerprint density at radius 3 is 2.74 bits per heavy atom. The predicted molar refractivity (Wildman–Crippen MR) is 136 cm³/mol. The summed E-state index contributed by atoms with van der Waals surface area (Å²) in [7, 11) is 2.85. The van der Waals surface area contributed by atoms with Gasteiger partial charge in [-0.2, -0.15) is 0 Å². The molecule has 0 aliphatic rings. The lowest BCUT2D eigenvalue weighted by atomic mass is 10.1. The van der Waals surface area contributed by atoms with Gasteiger partial charge in [-0.15, -0.1) is 11.3 Å². The van der Waals surface area contributed by atoms with Gasteiger partial charge in [-0.05, 0) is 24.6 Å². The molecule has 3 aromatic heterocycles. The highest BCUT2D eigenvalue weighted by atomic mass is 35.5. The first kappa shape index (κ1) is 25.4. The second-order valence-electron chi connectivity index (χ2n) is 7.65. The van der Waals surface area contributed by atoms with Gasteiger partial charge in [0.2, 0.25) is 5.88 Å². The lowest BCUT2D eigenvalue weighted by Gasteiger charge is -2.09. The second kappa shape index (κ2) is 10.6. The van der Waals surface area contributed by atoms with Crippen LogP contribution in [0.15, 0.2) is 28.8 Å². The van der Waals surface area contributed by atoms with Crippen LogP contribution in [0, 0.1) is 12.7 Å². The van der Waals surface area contributed by atoms with E-state index in [9.17, 15) is 9.18 Å². The van der Waals surface area contributed by atoms with Crippen molar-refractivity contribution < 1.29 is 32.5 Å². The van der Waals surface area contributed by atoms with Crippen molar-refractivity contribution in [1.82, 2.24) is 25.1 Å². The highest BCUT2D eigenvalue weighted by molar-refractivity contribution is 7.21. The van der Waals surface area contributed by atoms with E-state index >= 15 is 0 Å². The number of thiazole rings is 1. The molecule has 1 amide bonds. The number of halogens is 2. The zero-order valence-corrected chi connectivity index (χ0v) is 21.6. The zero-order chi connectivity index (χ0) is 26.8. The van der Waals surface area contributed by atoms with Gasteiger partial charge >= 0.3 is 18.2 Å². The Labute approximate surface area is 222 Å². The normalized spacial score (nSPS) is 11.1. The summed E-state index contributed by atoms with van der Waals surface area (Å²) in [4.78, 5) is 25.3. The molecule has 0 saturated heterocycles. The maximum atomic E-state index is 15.0. The SMILES string of the molecule is COc1cnc2c(-c3nc4c(Cl)c(F)c(OCCOC(=O)Nc5nnc(OC)o5)cc4s3)cc(C)cc2n1. The van der Waals surface area contributed by atoms with Crippen LogP contribution in [-0.4, -0.2) is 58.7 Å². The van der Waals surface area contributed by atoms with Crippen molar-refractivity contribution in [3.05, 3.63) is 40.8 Å². The summed E-state index contributed by atoms with van der Waals surface area (Å²) in [6.07, 6.45) is 0.530. The van der Waals surface area contributed by atoms with Crippen LogP contribution >= 0.6 is 22.9 Å². The number of carbonyl (C=O) groups is 1. The van der Waals surface area contributed by atoms with E-state index < -0.39 is 11.9 Å². The summed E-state index contributed by atoms with van der Waals surface area (Å²) in [6.45, 7) is 1.58. The van der Waals surface area contributed by atoms with Crippen molar-refractivity contribution in [3.63, 3.8) is 0 Å². The van der Waals surface area contributed by atoms with Gasteiger partial charge in [0.25, 0.3) is 0 Å². The van der Waals surface area contributed by atoms with Crippen LogP contribution in [0.5, 0.6) is 17.7 Å². The van der Waals surface area contributed by atoms with E-state index in [-0.39, 0.29) is 36.1 Å². The molecule has 0 bridgehead atoms. The number of nitrogens with one attached hydrogen (secondary N) is 1. The fraction of sp³-hybridized carbons (Fsp3) is 0.217. The van der Waals surface area contributed by atoms with Crippen molar-refractivity contribution in [2.75, 3.05) is 32.8 Å². The largest absolute Gasteiger partial charge is 0.487 e. The minimum atomic E-state index is -0.868. The Bertz CT molecular complexity index is 1660. The maximum absolute atomic E-state index is 15.0. The molecule has 0 fully saturated rings. The molecular weight excluding hydrogens is 543 g/mol. The van der Waals surface area contributed by atoms with Gasteiger partial charge in [0.1, 0.15) is 28.8 Å². The fourth-order valence-corrected chi connectivity index (χ4v) is 4.78. The van der Waals surface area contributed by atoms with Gasteiger partial charge in [-0.3, -0.25) is 0 Å². The number of hydrogen-bond donors (Lipinski definition) is 1. The minimum Gasteiger partial charge on any atom is -0.487 e. The third-order valence-electron chi connectivity index (χ3n) is 5.11. The van der Waals surface area contributed by atoms with Gasteiger partial charge in [-0.25, -0.2) is 29.5 Å². The number of aryl methyl sites for hydroxylation is 1. The van der Waals surface area contributed by atoms with Gasteiger partial charge in [0, 0.05) is 11.6 Å². The van der Waals surface area contributed by atoms with Crippen LogP contribution in [0.3, 0.4) is 0 Å². The first-order valence-electron chi connectivity index (χ1n) is 10.9. The van der Waals surface area contributed by atoms with Gasteiger partial charge in [0.05, 0.1) is 36.1 Å². The molecule has 196 valence electrons. The Kier molecular flexibility index (Phi) is 7.07. The van der Waals surface area contributed by atoms with E-state index in [1.807, 2.05) is 19.1 Å². The van der Waals surface area contributed by atoms with Crippen LogP contribution in [-0.2, 0) is 4.74 Å². The molecule has 0 radical (unpaired) electrons. The molecule has 15 heteroatoms. The zero-order valence-electron chi connectivity index (χ0n) is 20.1. The predicted octanol–water partition coefficient (Wildman–Crippen LogP) is 5.04. The number of ether oxygens (including phenoxy) is 4. The fourth-order valence-electron chi connectivity index (χ4n) is 3.46. The highest BCUT2D eigenvalue weighted by Crippen LogP contribution is 2.40. The number of hydrogen-bond acceptors (Lipinski definition) is 12. The van der Waals surface area contributed by atoms with Crippen LogP contribution < -0.4 is 19.5 Å². The standard InChI is InChI=1S/C23H18ClFN6O6S/c1-10-6-11(18-12(7-10)27-15(33-2)9-26-18)20-28-19-14(38-20)8-13(17(25)16(19)24)35-4-5-36-22(32)29-21-30-31-23(34-3)37-21/h6-9H,4-5H2,1-3H3,(H,29,30,32). The Balaban J connectivity index is 1.32. The first-order chi connectivity index (χ1) is 18.4. The molecule has 0 saturated carbocycles. The molecule has 2 aromatic carbocycles. The van der Waals surface area contributed by atoms with Crippen molar-refractivity contribution >= 4 is 56.3 Å². The maximum Gasteiger partial charge on any atom is 0.415 e. The molecule has 5 rings (SSSR count). The number of aromatic nitrogens is 5. The van der Waals surface area contributed by atoms with E-state index in [0.717, 1.165) is 11.1 Å². The summed E-state index contributed by atoms with van der Waals surface area (Å²) in [5.41, 5.74) is 3.23. The lowest BCUT2D eigenvalue weighted by Crippen LogP contribution is -2.18. The highest BCUT2D eigenvalue weighted by Gasteiger charge is 2.20. The molecule has 0 atom stereocenters. The van der Waals surface area contributed by atoms with Crippen LogP contribution in [0.1, 0.15) is 5.56 Å². The summed E-state index contributed by atoms with van der Waals surface area (Å²) >= 11 is 7.60. The topological polar surface area (TPSA) is 144 Å². The Morgan fingerprint density at radius 1 is 1.13 bits per heavy atom. The number of anilines is 1. The number of methoxy groups -OCH3 is 2. The van der Waals surface area contributed by atoms with E-state index in [1.165, 1.54) is 37.8 Å². The number of fused-ring (bicyclic) bond motifs is 2. The van der Waals surface area contributed by atoms with Crippen LogP contribution in [0.25, 0.3) is 31.8 Å². The third-order valence-corrected chi connectivity index (χ3v) is 6.49. The molecule has 12 nitrogen and oxygen atoms in total. The van der Waals surface area contributed by atoms with Crippen molar-refractivity contribution in [1.29, 1.82) is 0 Å². The Morgan fingerprint density at radius 2 is 1.97 bits per heavy atom. The first-order valence-corrected chi connectivity index (χ1v) is 12.1. The van der Waals surface area contributed by atoms with Crippen LogP contribution in [0.2, 0.25) is 5.02 Å². The van der Waals surface area contributed by atoms with Crippen molar-refractivity contribution in [2.45, 2.75) is 6.92 Å². The minimum absolute atomic E-state index is 0.109. The molecule has 0 spiro atoms. The number of rotatable bonds is 8. The van der Waals surface area contributed by atoms with Gasteiger partial charge < -0.3 is 23.4 Å². The summed E-state index contributed by atoms with van der Waals surface area (Å²) < 4.78 is 40.9. The summed E-state index contributed by atoms with van der Waals surface area (Å²) in [6, 6.07) is 5.11. The van der Waals surface area contributed by atoms with Crippen LogP contribution in [0.4, 0.5) is 15.2 Å². The number of nitrogens with zero attached hydrogens (tertiary/aromatic N) is 5. The van der Waals surface area contributed by atoms with E-state index in [4.69, 9.17) is 35.0 Å². The van der Waals surface area contributed by atoms with Crippen molar-refractivity contribution in [2.24, 2.45) is 0 Å². The smallest absolute Gasteiger partial charge is 0.415 e. The number of amides is 1. The summed E-state index contributed by atoms with van der Waals surface area (Å²) in [5, 5.41) is 9.68. The molecule has 0 aliphatic heterocycles. The van der Waals surface area contributed by atoms with E-state index in [1.54, 1.807) is 0 Å². The lowest BCUT2D eigenvalue weighted by molar-refractivity contribution is 0.136. The van der Waals surface area contributed by atoms with Gasteiger partial charge in [-0.1, -0.05) is 21.8 Å². The molecule has 38 heavy (non-hydrogen) atoms.